The fourth-order valence-electron chi connectivity index (χ4n) is 4.72. The zero-order valence-electron chi connectivity index (χ0n) is 16.9. The Bertz CT molecular complexity index is 1170. The van der Waals surface area contributed by atoms with E-state index in [9.17, 15) is 18.5 Å². The minimum absolute atomic E-state index is 0.133. The van der Waals surface area contributed by atoms with Crippen LogP contribution in [-0.2, 0) is 42.3 Å². The van der Waals surface area contributed by atoms with Crippen molar-refractivity contribution >= 4 is 15.7 Å². The quantitative estimate of drug-likeness (QED) is 0.515. The van der Waals surface area contributed by atoms with E-state index >= 15 is 0 Å². The minimum atomic E-state index is -4.15. The molecule has 2 heterocycles. The zero-order chi connectivity index (χ0) is 21.6. The summed E-state index contributed by atoms with van der Waals surface area (Å²) < 4.78 is 35.5. The number of rotatable bonds is 6. The molecule has 3 aliphatic rings. The van der Waals surface area contributed by atoms with Crippen LogP contribution in [0.5, 0.6) is 5.88 Å². The summed E-state index contributed by atoms with van der Waals surface area (Å²) >= 11 is 0. The number of benzene rings is 1. The second-order valence-electron chi connectivity index (χ2n) is 8.03. The molecular weight excluding hydrogens is 422 g/mol. The highest BCUT2D eigenvalue weighted by atomic mass is 32.2. The van der Waals surface area contributed by atoms with E-state index in [1.165, 1.54) is 22.0 Å². The van der Waals surface area contributed by atoms with Gasteiger partial charge in [0.1, 0.15) is 0 Å². The van der Waals surface area contributed by atoms with E-state index in [0.29, 0.717) is 19.4 Å². The number of sulfonamides is 1. The Balaban J connectivity index is 1.50. The molecule has 11 heteroatoms. The largest absolute Gasteiger partial charge is 0.477 e. The number of anilines is 1. The standard InChI is InChI=1S/C20H23N5O5S/c26-25(27)12-18(23-31(28,29)17-11-21-24-8-3-9-30-20(17)24)22-19-15-6-1-4-13(15)10-14-5-2-7-16(14)19/h10-12,22-23H,1-9H2/b18-12-. The zero-order valence-corrected chi connectivity index (χ0v) is 17.7. The van der Waals surface area contributed by atoms with E-state index in [4.69, 9.17) is 4.74 Å². The van der Waals surface area contributed by atoms with Crippen LogP contribution in [0, 0.1) is 10.1 Å². The van der Waals surface area contributed by atoms with Crippen molar-refractivity contribution in [2.45, 2.75) is 56.4 Å². The predicted octanol–water partition coefficient (Wildman–Crippen LogP) is 2.11. The van der Waals surface area contributed by atoms with Gasteiger partial charge in [-0.2, -0.15) is 5.10 Å². The first-order valence-electron chi connectivity index (χ1n) is 10.4. The van der Waals surface area contributed by atoms with Gasteiger partial charge in [0.2, 0.25) is 5.88 Å². The summed E-state index contributed by atoms with van der Waals surface area (Å²) in [6.45, 7) is 0.954. The van der Waals surface area contributed by atoms with Crippen LogP contribution in [0.3, 0.4) is 0 Å². The number of aromatic nitrogens is 2. The van der Waals surface area contributed by atoms with E-state index in [1.807, 2.05) is 0 Å². The van der Waals surface area contributed by atoms with Gasteiger partial charge < -0.3 is 10.1 Å². The molecule has 1 aliphatic heterocycles. The molecule has 2 N–H and O–H groups in total. The van der Waals surface area contributed by atoms with Crippen LogP contribution in [0.1, 0.15) is 41.5 Å². The Hall–Kier alpha value is -3.08. The summed E-state index contributed by atoms with van der Waals surface area (Å²) in [5.74, 6) is -0.0455. The lowest BCUT2D eigenvalue weighted by Gasteiger charge is -2.19. The fraction of sp³-hybridized carbons (Fsp3) is 0.450. The molecule has 0 amide bonds. The van der Waals surface area contributed by atoms with E-state index in [2.05, 4.69) is 21.2 Å². The van der Waals surface area contributed by atoms with Gasteiger partial charge in [0.05, 0.1) is 17.7 Å². The van der Waals surface area contributed by atoms with Crippen molar-refractivity contribution in [1.82, 2.24) is 14.5 Å². The fourth-order valence-corrected chi connectivity index (χ4v) is 5.80. The summed E-state index contributed by atoms with van der Waals surface area (Å²) in [5.41, 5.74) is 5.54. The summed E-state index contributed by atoms with van der Waals surface area (Å²) in [6.07, 6.45) is 8.32. The average Bonchev–Trinajstić information content (AvgIpc) is 3.45. The number of nitrogens with zero attached hydrogens (tertiary/aromatic N) is 3. The number of ether oxygens (including phenoxy) is 1. The van der Waals surface area contributed by atoms with Crippen LogP contribution in [0.2, 0.25) is 0 Å². The van der Waals surface area contributed by atoms with Crippen molar-refractivity contribution in [3.63, 3.8) is 0 Å². The van der Waals surface area contributed by atoms with E-state index in [0.717, 1.165) is 61.8 Å². The van der Waals surface area contributed by atoms with Crippen molar-refractivity contribution in [3.8, 4) is 5.88 Å². The smallest absolute Gasteiger partial charge is 0.275 e. The molecule has 1 aromatic heterocycles. The molecule has 31 heavy (non-hydrogen) atoms. The Morgan fingerprint density at radius 2 is 1.87 bits per heavy atom. The van der Waals surface area contributed by atoms with Gasteiger partial charge in [0.15, 0.2) is 10.7 Å². The van der Waals surface area contributed by atoms with Crippen molar-refractivity contribution in [2.24, 2.45) is 0 Å². The highest BCUT2D eigenvalue weighted by molar-refractivity contribution is 7.89. The van der Waals surface area contributed by atoms with Gasteiger partial charge in [-0.05, 0) is 60.8 Å². The van der Waals surface area contributed by atoms with E-state index in [-0.39, 0.29) is 16.6 Å². The summed E-state index contributed by atoms with van der Waals surface area (Å²) in [6, 6.07) is 2.24. The van der Waals surface area contributed by atoms with Crippen LogP contribution in [0.25, 0.3) is 0 Å². The van der Waals surface area contributed by atoms with Crippen LogP contribution >= 0.6 is 0 Å². The highest BCUT2D eigenvalue weighted by Gasteiger charge is 2.30. The summed E-state index contributed by atoms with van der Waals surface area (Å²) in [5, 5.41) is 18.4. The minimum Gasteiger partial charge on any atom is -0.477 e. The molecular formula is C20H23N5O5S. The lowest BCUT2D eigenvalue weighted by atomic mass is 9.99. The van der Waals surface area contributed by atoms with Crippen molar-refractivity contribution < 1.29 is 18.1 Å². The van der Waals surface area contributed by atoms with Crippen LogP contribution in [-0.4, -0.2) is 29.7 Å². The third kappa shape index (κ3) is 3.62. The molecule has 0 saturated carbocycles. The Morgan fingerprint density at radius 1 is 1.16 bits per heavy atom. The molecule has 5 rings (SSSR count). The topological polar surface area (TPSA) is 128 Å². The molecule has 2 aliphatic carbocycles. The SMILES string of the molecule is O=[N+]([O-])/C=C(/Nc1c2c(cc3c1CCC3)CCC2)NS(=O)(=O)c1cnn2c1OCCC2. The third-order valence-electron chi connectivity index (χ3n) is 6.01. The molecule has 2 aromatic rings. The molecule has 0 saturated heterocycles. The number of nitrogens with one attached hydrogen (secondary N) is 2. The Kier molecular flexibility index (Phi) is 4.84. The molecule has 0 unspecified atom stereocenters. The molecule has 164 valence electrons. The highest BCUT2D eigenvalue weighted by Crippen LogP contribution is 2.39. The monoisotopic (exact) mass is 445 g/mol. The number of hydrogen-bond acceptors (Lipinski definition) is 7. The third-order valence-corrected chi connectivity index (χ3v) is 7.36. The molecule has 0 spiro atoms. The van der Waals surface area contributed by atoms with Gasteiger partial charge in [-0.15, -0.1) is 0 Å². The van der Waals surface area contributed by atoms with Crippen molar-refractivity contribution in [3.05, 3.63) is 56.7 Å². The maximum Gasteiger partial charge on any atom is 0.275 e. The average molecular weight is 446 g/mol. The summed E-state index contributed by atoms with van der Waals surface area (Å²) in [7, 11) is -4.15. The number of aryl methyl sites for hydroxylation is 3. The van der Waals surface area contributed by atoms with Gasteiger partial charge in [0, 0.05) is 18.7 Å². The van der Waals surface area contributed by atoms with Crippen LogP contribution < -0.4 is 14.8 Å². The molecule has 1 aromatic carbocycles. The maximum absolute atomic E-state index is 13.1. The predicted molar refractivity (Wildman–Crippen MR) is 112 cm³/mol. The van der Waals surface area contributed by atoms with E-state index in [1.54, 1.807) is 0 Å². The normalized spacial score (nSPS) is 17.5. The Morgan fingerprint density at radius 3 is 2.55 bits per heavy atom. The first kappa shape index (κ1) is 19.9. The first-order chi connectivity index (χ1) is 14.9. The molecule has 0 bridgehead atoms. The van der Waals surface area contributed by atoms with Crippen molar-refractivity contribution in [2.75, 3.05) is 11.9 Å². The van der Waals surface area contributed by atoms with Crippen molar-refractivity contribution in [1.29, 1.82) is 0 Å². The molecule has 10 nitrogen and oxygen atoms in total. The van der Waals surface area contributed by atoms with Gasteiger partial charge >= 0.3 is 0 Å². The van der Waals surface area contributed by atoms with E-state index < -0.39 is 14.9 Å². The summed E-state index contributed by atoms with van der Waals surface area (Å²) in [4.78, 5) is 10.5. The lowest BCUT2D eigenvalue weighted by Crippen LogP contribution is -2.29. The molecule has 0 radical (unpaired) electrons. The molecule has 0 atom stereocenters. The van der Waals surface area contributed by atoms with Gasteiger partial charge in [0.25, 0.3) is 16.2 Å². The van der Waals surface area contributed by atoms with Crippen LogP contribution in [0.4, 0.5) is 5.69 Å². The number of hydrogen-bond donors (Lipinski definition) is 2. The van der Waals surface area contributed by atoms with Gasteiger partial charge in [-0.3, -0.25) is 14.8 Å². The Labute approximate surface area is 179 Å². The number of nitro groups is 1. The second kappa shape index (κ2) is 7.56. The number of fused-ring (bicyclic) bond motifs is 3. The molecule has 0 fully saturated rings. The van der Waals surface area contributed by atoms with Gasteiger partial charge in [-0.25, -0.2) is 13.1 Å². The lowest BCUT2D eigenvalue weighted by molar-refractivity contribution is -0.403. The second-order valence-corrected chi connectivity index (χ2v) is 9.68. The van der Waals surface area contributed by atoms with Crippen LogP contribution in [0.15, 0.2) is 29.2 Å². The van der Waals surface area contributed by atoms with Gasteiger partial charge in [-0.1, -0.05) is 6.07 Å². The maximum atomic E-state index is 13.1. The first-order valence-corrected chi connectivity index (χ1v) is 11.9.